The van der Waals surface area contributed by atoms with Crippen molar-refractivity contribution in [2.24, 2.45) is 0 Å². The maximum absolute atomic E-state index is 13.4. The molecule has 1 saturated heterocycles. The van der Waals surface area contributed by atoms with Crippen LogP contribution in [0.5, 0.6) is 0 Å². The van der Waals surface area contributed by atoms with Gasteiger partial charge < -0.3 is 11.1 Å². The van der Waals surface area contributed by atoms with Crippen LogP contribution < -0.4 is 11.1 Å². The number of halogens is 2. The van der Waals surface area contributed by atoms with E-state index in [1.54, 1.807) is 0 Å². The van der Waals surface area contributed by atoms with E-state index in [2.05, 4.69) is 21.2 Å². The Morgan fingerprint density at radius 2 is 1.94 bits per heavy atom. The average molecular weight is 337 g/mol. The second-order valence-electron chi connectivity index (χ2n) is 4.42. The maximum Gasteiger partial charge on any atom is 0.150 e. The van der Waals surface area contributed by atoms with Gasteiger partial charge in [0.15, 0.2) is 0 Å². The Morgan fingerprint density at radius 3 is 2.56 bits per heavy atom. The highest BCUT2D eigenvalue weighted by Gasteiger charge is 2.24. The van der Waals surface area contributed by atoms with E-state index < -0.39 is 15.7 Å². The summed E-state index contributed by atoms with van der Waals surface area (Å²) >= 11 is 3.06. The Bertz CT molecular complexity index is 548. The second kappa shape index (κ2) is 5.05. The van der Waals surface area contributed by atoms with E-state index in [1.165, 1.54) is 12.1 Å². The highest BCUT2D eigenvalue weighted by atomic mass is 79.9. The van der Waals surface area contributed by atoms with Gasteiger partial charge in [-0.05, 0) is 34.8 Å². The van der Waals surface area contributed by atoms with Crippen molar-refractivity contribution < 1.29 is 12.8 Å². The van der Waals surface area contributed by atoms with Gasteiger partial charge in [0.05, 0.1) is 27.4 Å². The standard InChI is InChI=1S/C11H14BrFN2O2S/c12-8-5-10(14)11(6-9(8)13)15-7-1-3-18(16,17)4-2-7/h5-7,15H,1-4,14H2. The number of nitrogens with two attached hydrogens (primary N) is 1. The summed E-state index contributed by atoms with van der Waals surface area (Å²) < 4.78 is 36.3. The first-order chi connectivity index (χ1) is 8.37. The molecular formula is C11H14BrFN2O2S. The van der Waals surface area contributed by atoms with E-state index in [-0.39, 0.29) is 17.5 Å². The van der Waals surface area contributed by atoms with Crippen molar-refractivity contribution >= 4 is 37.1 Å². The predicted molar refractivity (Wildman–Crippen MR) is 73.8 cm³/mol. The average Bonchev–Trinajstić information content (AvgIpc) is 2.28. The summed E-state index contributed by atoms with van der Waals surface area (Å²) in [5.74, 6) is -0.0530. The lowest BCUT2D eigenvalue weighted by Gasteiger charge is -2.24. The first kappa shape index (κ1) is 13.6. The van der Waals surface area contributed by atoms with Crippen molar-refractivity contribution in [1.29, 1.82) is 0 Å². The summed E-state index contributed by atoms with van der Waals surface area (Å²) in [7, 11) is -2.89. The van der Waals surface area contributed by atoms with Crippen LogP contribution in [0, 0.1) is 5.82 Å². The molecule has 0 spiro atoms. The Morgan fingerprint density at radius 1 is 1.33 bits per heavy atom. The topological polar surface area (TPSA) is 72.2 Å². The quantitative estimate of drug-likeness (QED) is 0.812. The summed E-state index contributed by atoms with van der Waals surface area (Å²) in [4.78, 5) is 0. The van der Waals surface area contributed by atoms with Crippen LogP contribution in [0.1, 0.15) is 12.8 Å². The van der Waals surface area contributed by atoms with Gasteiger partial charge in [0.1, 0.15) is 15.7 Å². The van der Waals surface area contributed by atoms with Crippen LogP contribution in [0.15, 0.2) is 16.6 Å². The Labute approximate surface area is 114 Å². The summed E-state index contributed by atoms with van der Waals surface area (Å²) in [5.41, 5.74) is 6.74. The molecule has 0 bridgehead atoms. The molecule has 0 unspecified atom stereocenters. The monoisotopic (exact) mass is 336 g/mol. The maximum atomic E-state index is 13.4. The van der Waals surface area contributed by atoms with E-state index in [4.69, 9.17) is 5.73 Å². The van der Waals surface area contributed by atoms with Gasteiger partial charge >= 0.3 is 0 Å². The fraction of sp³-hybridized carbons (Fsp3) is 0.455. The molecule has 0 atom stereocenters. The van der Waals surface area contributed by atoms with E-state index in [9.17, 15) is 12.8 Å². The van der Waals surface area contributed by atoms with Crippen molar-refractivity contribution in [3.05, 3.63) is 22.4 Å². The molecule has 2 rings (SSSR count). The molecule has 0 aliphatic carbocycles. The van der Waals surface area contributed by atoms with Crippen molar-refractivity contribution in [2.45, 2.75) is 18.9 Å². The third kappa shape index (κ3) is 3.14. The number of hydrogen-bond donors (Lipinski definition) is 2. The van der Waals surface area contributed by atoms with Gasteiger partial charge in [0.2, 0.25) is 0 Å². The van der Waals surface area contributed by atoms with E-state index in [0.717, 1.165) is 0 Å². The van der Waals surface area contributed by atoms with E-state index >= 15 is 0 Å². The van der Waals surface area contributed by atoms with Crippen molar-refractivity contribution in [3.8, 4) is 0 Å². The number of sulfone groups is 1. The largest absolute Gasteiger partial charge is 0.397 e. The number of hydrogen-bond acceptors (Lipinski definition) is 4. The minimum atomic E-state index is -2.89. The zero-order valence-corrected chi connectivity index (χ0v) is 12.0. The molecule has 1 aliphatic rings. The van der Waals surface area contributed by atoms with Crippen LogP contribution in [0.25, 0.3) is 0 Å². The SMILES string of the molecule is Nc1cc(Br)c(F)cc1NC1CCS(=O)(=O)CC1. The Hall–Kier alpha value is -0.820. The van der Waals surface area contributed by atoms with Crippen LogP contribution in [0.2, 0.25) is 0 Å². The summed E-state index contributed by atoms with van der Waals surface area (Å²) in [6, 6.07) is 2.84. The number of benzene rings is 1. The van der Waals surface area contributed by atoms with E-state index in [0.29, 0.717) is 28.7 Å². The van der Waals surface area contributed by atoms with Crippen LogP contribution in [-0.2, 0) is 9.84 Å². The highest BCUT2D eigenvalue weighted by molar-refractivity contribution is 9.10. The fourth-order valence-electron chi connectivity index (χ4n) is 1.94. The zero-order chi connectivity index (χ0) is 13.3. The molecule has 0 amide bonds. The fourth-order valence-corrected chi connectivity index (χ4v) is 3.79. The van der Waals surface area contributed by atoms with E-state index in [1.807, 2.05) is 0 Å². The second-order valence-corrected chi connectivity index (χ2v) is 7.58. The molecule has 4 nitrogen and oxygen atoms in total. The number of anilines is 2. The molecular weight excluding hydrogens is 323 g/mol. The molecule has 1 heterocycles. The lowest BCUT2D eigenvalue weighted by Crippen LogP contribution is -2.32. The third-order valence-electron chi connectivity index (χ3n) is 3.01. The molecule has 1 aromatic rings. The minimum Gasteiger partial charge on any atom is -0.397 e. The van der Waals surface area contributed by atoms with Crippen LogP contribution in [0.4, 0.5) is 15.8 Å². The summed E-state index contributed by atoms with van der Waals surface area (Å²) in [5, 5.41) is 3.10. The van der Waals surface area contributed by atoms with Gasteiger partial charge in [-0.1, -0.05) is 0 Å². The molecule has 3 N–H and O–H groups in total. The summed E-state index contributed by atoms with van der Waals surface area (Å²) in [6.45, 7) is 0. The predicted octanol–water partition coefficient (Wildman–Crippen LogP) is 2.16. The molecule has 1 aromatic carbocycles. The van der Waals surface area contributed by atoms with Crippen molar-refractivity contribution in [3.63, 3.8) is 0 Å². The Balaban J connectivity index is 2.09. The van der Waals surface area contributed by atoms with Gasteiger partial charge in [0.25, 0.3) is 0 Å². The van der Waals surface area contributed by atoms with Crippen LogP contribution >= 0.6 is 15.9 Å². The number of nitrogens with one attached hydrogen (secondary N) is 1. The third-order valence-corrected chi connectivity index (χ3v) is 5.33. The molecule has 100 valence electrons. The lowest BCUT2D eigenvalue weighted by molar-refractivity contribution is 0.559. The molecule has 18 heavy (non-hydrogen) atoms. The molecule has 1 fully saturated rings. The van der Waals surface area contributed by atoms with Crippen molar-refractivity contribution in [1.82, 2.24) is 0 Å². The first-order valence-corrected chi connectivity index (χ1v) is 8.20. The highest BCUT2D eigenvalue weighted by Crippen LogP contribution is 2.28. The minimum absolute atomic E-state index is 0.0244. The smallest absolute Gasteiger partial charge is 0.150 e. The van der Waals surface area contributed by atoms with Gasteiger partial charge in [-0.3, -0.25) is 0 Å². The lowest BCUT2D eigenvalue weighted by atomic mass is 10.1. The molecule has 1 aliphatic heterocycles. The summed E-state index contributed by atoms with van der Waals surface area (Å²) in [6.07, 6.45) is 1.05. The molecule has 0 radical (unpaired) electrons. The van der Waals surface area contributed by atoms with Gasteiger partial charge in [-0.25, -0.2) is 12.8 Å². The number of rotatable bonds is 2. The van der Waals surface area contributed by atoms with Gasteiger partial charge in [-0.2, -0.15) is 0 Å². The van der Waals surface area contributed by atoms with Crippen LogP contribution in [-0.4, -0.2) is 26.0 Å². The molecule has 7 heteroatoms. The van der Waals surface area contributed by atoms with Crippen molar-refractivity contribution in [2.75, 3.05) is 22.6 Å². The Kier molecular flexibility index (Phi) is 3.82. The van der Waals surface area contributed by atoms with Crippen LogP contribution in [0.3, 0.4) is 0 Å². The molecule has 0 saturated carbocycles. The van der Waals surface area contributed by atoms with Gasteiger partial charge in [-0.15, -0.1) is 0 Å². The molecule has 0 aromatic heterocycles. The normalized spacial score (nSPS) is 19.7. The van der Waals surface area contributed by atoms with Gasteiger partial charge in [0, 0.05) is 12.1 Å². The number of nitrogen functional groups attached to an aromatic ring is 1. The zero-order valence-electron chi connectivity index (χ0n) is 9.62. The first-order valence-electron chi connectivity index (χ1n) is 5.59.